The number of phosphoric ester groups is 2. The molecule has 0 aliphatic carbocycles. The minimum Gasteiger partial charge on any atom is -0.462 e. The summed E-state index contributed by atoms with van der Waals surface area (Å²) in [6.07, 6.45) is 49.9. The highest BCUT2D eigenvalue weighted by atomic mass is 31.2. The van der Waals surface area contributed by atoms with Crippen molar-refractivity contribution in [3.8, 4) is 0 Å². The Morgan fingerprint density at radius 2 is 0.560 bits per heavy atom. The zero-order chi connectivity index (χ0) is 67.2. The van der Waals surface area contributed by atoms with E-state index in [0.29, 0.717) is 31.6 Å². The van der Waals surface area contributed by atoms with Gasteiger partial charge in [-0.2, -0.15) is 0 Å². The topological polar surface area (TPSA) is 237 Å². The number of unbranched alkanes of at least 4 members (excludes halogenated alkanes) is 40. The standard InChI is InChI=1S/C72H140O17P2/c1-7-10-12-14-16-18-20-27-31-35-42-48-54-69(74)82-60-67(88-72(77)57-51-45-37-33-29-25-23-22-24-26-30-34-41-47-53-65(6)9-3)62-86-90(78,79)84-58-66(73)59-85-91(80,81)87-63-68(61-83-70(75)55-49-43-39-38-40-46-52-64(4)5)89-71(76)56-50-44-36-32-28-21-19-17-15-13-11-8-2/h64-68,73H,7-63H2,1-6H3,(H,78,79)(H,80,81)/t65?,66-,67-,68-/m1/s1. The highest BCUT2D eigenvalue weighted by molar-refractivity contribution is 7.47. The van der Waals surface area contributed by atoms with E-state index in [1.165, 1.54) is 180 Å². The molecule has 0 amide bonds. The molecule has 0 aromatic heterocycles. The average Bonchev–Trinajstić information content (AvgIpc) is 2.78. The van der Waals surface area contributed by atoms with Gasteiger partial charge in [0.1, 0.15) is 19.3 Å². The first kappa shape index (κ1) is 89.1. The predicted octanol–water partition coefficient (Wildman–Crippen LogP) is 20.8. The molecule has 0 aromatic carbocycles. The Labute approximate surface area is 556 Å². The van der Waals surface area contributed by atoms with Crippen LogP contribution in [-0.2, 0) is 65.4 Å². The van der Waals surface area contributed by atoms with Gasteiger partial charge in [0.2, 0.25) is 0 Å². The van der Waals surface area contributed by atoms with Crippen LogP contribution in [0.2, 0.25) is 0 Å². The largest absolute Gasteiger partial charge is 0.472 e. The number of aliphatic hydroxyl groups excluding tert-OH is 1. The lowest BCUT2D eigenvalue weighted by molar-refractivity contribution is -0.161. The second-order valence-electron chi connectivity index (χ2n) is 26.7. The van der Waals surface area contributed by atoms with Crippen molar-refractivity contribution in [3.05, 3.63) is 0 Å². The van der Waals surface area contributed by atoms with E-state index in [1.54, 1.807) is 0 Å². The van der Waals surface area contributed by atoms with E-state index >= 15 is 0 Å². The van der Waals surface area contributed by atoms with Crippen molar-refractivity contribution in [1.29, 1.82) is 0 Å². The molecule has 0 bridgehead atoms. The summed E-state index contributed by atoms with van der Waals surface area (Å²) >= 11 is 0. The van der Waals surface area contributed by atoms with Crippen molar-refractivity contribution >= 4 is 39.5 Å². The molecule has 0 aromatic rings. The zero-order valence-corrected chi connectivity index (χ0v) is 60.9. The third kappa shape index (κ3) is 65.1. The first-order valence-corrected chi connectivity index (χ1v) is 40.5. The highest BCUT2D eigenvalue weighted by Gasteiger charge is 2.30. The number of hydrogen-bond donors (Lipinski definition) is 3. The summed E-state index contributed by atoms with van der Waals surface area (Å²) in [6, 6.07) is 0. The monoisotopic (exact) mass is 1340 g/mol. The van der Waals surface area contributed by atoms with Crippen molar-refractivity contribution < 1.29 is 80.2 Å². The van der Waals surface area contributed by atoms with Gasteiger partial charge >= 0.3 is 39.5 Å². The maximum absolute atomic E-state index is 13.0. The van der Waals surface area contributed by atoms with E-state index in [1.807, 2.05) is 0 Å². The number of carbonyl (C=O) groups excluding carboxylic acids is 4. The van der Waals surface area contributed by atoms with E-state index in [0.717, 1.165) is 102 Å². The summed E-state index contributed by atoms with van der Waals surface area (Å²) in [5, 5.41) is 10.6. The quantitative estimate of drug-likeness (QED) is 0.0222. The summed E-state index contributed by atoms with van der Waals surface area (Å²) in [6.45, 7) is 9.54. The lowest BCUT2D eigenvalue weighted by Gasteiger charge is -2.21. The molecule has 0 radical (unpaired) electrons. The number of esters is 4. The fraction of sp³-hybridized carbons (Fsp3) is 0.944. The van der Waals surface area contributed by atoms with E-state index in [4.69, 9.17) is 37.0 Å². The number of phosphoric acid groups is 2. The molecule has 19 heteroatoms. The van der Waals surface area contributed by atoms with Gasteiger partial charge in [0, 0.05) is 25.7 Å². The Hall–Kier alpha value is -1.94. The molecule has 0 rings (SSSR count). The Kier molecular flexibility index (Phi) is 62.7. The van der Waals surface area contributed by atoms with Gasteiger partial charge in [0.15, 0.2) is 12.2 Å². The van der Waals surface area contributed by atoms with E-state index < -0.39 is 97.5 Å². The highest BCUT2D eigenvalue weighted by Crippen LogP contribution is 2.45. The Bertz CT molecular complexity index is 1770. The summed E-state index contributed by atoms with van der Waals surface area (Å²) in [5.41, 5.74) is 0. The molecule has 0 spiro atoms. The third-order valence-corrected chi connectivity index (χ3v) is 19.0. The SMILES string of the molecule is CCCCCCCCCCCCCCC(=O)OC[C@H](COP(=O)(O)OC[C@@H](O)COP(=O)(O)OC[C@@H](COC(=O)CCCCCCCCC(C)C)OC(=O)CCCCCCCCCCCCCC)OC(=O)CCCCCCCCCCCCCCCCC(C)CC. The molecule has 6 atom stereocenters. The Morgan fingerprint density at radius 1 is 0.319 bits per heavy atom. The van der Waals surface area contributed by atoms with Crippen LogP contribution < -0.4 is 0 Å². The minimum absolute atomic E-state index is 0.106. The van der Waals surface area contributed by atoms with Crippen LogP contribution in [0.3, 0.4) is 0 Å². The summed E-state index contributed by atoms with van der Waals surface area (Å²) in [4.78, 5) is 72.6. The summed E-state index contributed by atoms with van der Waals surface area (Å²) < 4.78 is 68.3. The molecule has 91 heavy (non-hydrogen) atoms. The maximum Gasteiger partial charge on any atom is 0.472 e. The number of rotatable bonds is 71. The number of carbonyl (C=O) groups is 4. The van der Waals surface area contributed by atoms with Gasteiger partial charge in [0.05, 0.1) is 26.4 Å². The molecule has 540 valence electrons. The molecule has 0 heterocycles. The molecule has 3 N–H and O–H groups in total. The fourth-order valence-corrected chi connectivity index (χ4v) is 12.5. The molecular weight excluding hydrogens is 1200 g/mol. The van der Waals surface area contributed by atoms with E-state index in [-0.39, 0.29) is 25.7 Å². The molecule has 0 saturated heterocycles. The summed E-state index contributed by atoms with van der Waals surface area (Å²) in [7, 11) is -9.90. The van der Waals surface area contributed by atoms with Gasteiger partial charge < -0.3 is 33.8 Å². The normalized spacial score (nSPS) is 14.4. The van der Waals surface area contributed by atoms with Crippen LogP contribution in [0.1, 0.15) is 369 Å². The third-order valence-electron chi connectivity index (χ3n) is 17.1. The van der Waals surface area contributed by atoms with Gasteiger partial charge in [0.25, 0.3) is 0 Å². The fourth-order valence-electron chi connectivity index (χ4n) is 10.9. The van der Waals surface area contributed by atoms with Crippen molar-refractivity contribution in [1.82, 2.24) is 0 Å². The first-order chi connectivity index (χ1) is 43.9. The Morgan fingerprint density at radius 3 is 0.835 bits per heavy atom. The molecular formula is C72H140O17P2. The van der Waals surface area contributed by atoms with E-state index in [9.17, 15) is 43.2 Å². The van der Waals surface area contributed by atoms with Gasteiger partial charge in [-0.05, 0) is 37.5 Å². The first-order valence-electron chi connectivity index (χ1n) is 37.5. The van der Waals surface area contributed by atoms with E-state index in [2.05, 4.69) is 41.5 Å². The second kappa shape index (κ2) is 64.1. The lowest BCUT2D eigenvalue weighted by Crippen LogP contribution is -2.30. The Balaban J connectivity index is 5.22. The molecule has 0 fully saturated rings. The van der Waals surface area contributed by atoms with Gasteiger partial charge in [-0.25, -0.2) is 9.13 Å². The smallest absolute Gasteiger partial charge is 0.462 e. The van der Waals surface area contributed by atoms with Gasteiger partial charge in [-0.3, -0.25) is 37.3 Å². The van der Waals surface area contributed by atoms with Crippen LogP contribution in [-0.4, -0.2) is 96.7 Å². The van der Waals surface area contributed by atoms with Crippen LogP contribution in [0.4, 0.5) is 0 Å². The van der Waals surface area contributed by atoms with Crippen LogP contribution in [0.15, 0.2) is 0 Å². The van der Waals surface area contributed by atoms with Crippen LogP contribution in [0, 0.1) is 11.8 Å². The van der Waals surface area contributed by atoms with Crippen molar-refractivity contribution in [2.45, 2.75) is 387 Å². The zero-order valence-electron chi connectivity index (χ0n) is 59.1. The van der Waals surface area contributed by atoms with Crippen molar-refractivity contribution in [2.75, 3.05) is 39.6 Å². The van der Waals surface area contributed by atoms with Crippen molar-refractivity contribution in [2.24, 2.45) is 11.8 Å². The number of aliphatic hydroxyl groups is 1. The average molecular weight is 1340 g/mol. The second-order valence-corrected chi connectivity index (χ2v) is 29.6. The van der Waals surface area contributed by atoms with Gasteiger partial charge in [-0.1, -0.05) is 318 Å². The van der Waals surface area contributed by atoms with Crippen LogP contribution in [0.5, 0.6) is 0 Å². The maximum atomic E-state index is 13.0. The number of hydrogen-bond acceptors (Lipinski definition) is 15. The van der Waals surface area contributed by atoms with Crippen LogP contribution in [0.25, 0.3) is 0 Å². The van der Waals surface area contributed by atoms with Crippen LogP contribution >= 0.6 is 15.6 Å². The number of ether oxygens (including phenoxy) is 4. The molecule has 17 nitrogen and oxygen atoms in total. The lowest BCUT2D eigenvalue weighted by atomic mass is 9.99. The molecule has 0 saturated carbocycles. The van der Waals surface area contributed by atoms with Crippen molar-refractivity contribution in [3.63, 3.8) is 0 Å². The van der Waals surface area contributed by atoms with Gasteiger partial charge in [-0.15, -0.1) is 0 Å². The summed E-state index contributed by atoms with van der Waals surface area (Å²) in [5.74, 6) is -0.596. The predicted molar refractivity (Wildman–Crippen MR) is 368 cm³/mol. The molecule has 0 aliphatic heterocycles. The molecule has 3 unspecified atom stereocenters. The molecule has 0 aliphatic rings. The minimum atomic E-state index is -4.95.